The van der Waals surface area contributed by atoms with Gasteiger partial charge in [0.15, 0.2) is 0 Å². The van der Waals surface area contributed by atoms with E-state index in [0.717, 1.165) is 30.9 Å². The lowest BCUT2D eigenvalue weighted by Gasteiger charge is -2.35. The summed E-state index contributed by atoms with van der Waals surface area (Å²) in [5.41, 5.74) is 2.26. The van der Waals surface area contributed by atoms with E-state index in [1.165, 1.54) is 5.56 Å². The molecule has 1 aliphatic heterocycles. The number of anilines is 1. The maximum absolute atomic E-state index is 12.6. The van der Waals surface area contributed by atoms with Gasteiger partial charge in [0.1, 0.15) is 11.6 Å². The summed E-state index contributed by atoms with van der Waals surface area (Å²) in [6.45, 7) is 6.22. The highest BCUT2D eigenvalue weighted by Crippen LogP contribution is 2.14. The third kappa shape index (κ3) is 7.04. The fourth-order valence-corrected chi connectivity index (χ4v) is 3.56. The molecule has 0 bridgehead atoms. The average molecular weight is 426 g/mol. The molecule has 1 N–H and O–H groups in total. The number of benzene rings is 1. The first-order valence-electron chi connectivity index (χ1n) is 10.5. The van der Waals surface area contributed by atoms with Crippen molar-refractivity contribution in [3.05, 3.63) is 53.7 Å². The lowest BCUT2D eigenvalue weighted by atomic mass is 10.2. The molecule has 8 nitrogen and oxygen atoms in total. The molecular weight excluding hydrogens is 394 g/mol. The molecule has 1 fully saturated rings. The van der Waals surface area contributed by atoms with E-state index in [4.69, 9.17) is 4.74 Å². The summed E-state index contributed by atoms with van der Waals surface area (Å²) in [6.07, 6.45) is 1.66. The fraction of sp³-hybridized carbons (Fsp3) is 0.435. The molecular formula is C23H31N5O3. The third-order valence-corrected chi connectivity index (χ3v) is 5.29. The first kappa shape index (κ1) is 22.7. The highest BCUT2D eigenvalue weighted by Gasteiger charge is 2.22. The van der Waals surface area contributed by atoms with Crippen LogP contribution in [0.4, 0.5) is 5.82 Å². The number of amides is 2. The number of nitrogens with one attached hydrogen (secondary N) is 1. The summed E-state index contributed by atoms with van der Waals surface area (Å²) >= 11 is 0. The number of pyridine rings is 1. The number of aryl methyl sites for hydroxylation is 1. The van der Waals surface area contributed by atoms with Crippen LogP contribution in [0.5, 0.6) is 5.75 Å². The van der Waals surface area contributed by atoms with Crippen LogP contribution in [0.15, 0.2) is 42.6 Å². The van der Waals surface area contributed by atoms with E-state index in [1.807, 2.05) is 36.1 Å². The normalized spacial score (nSPS) is 14.5. The van der Waals surface area contributed by atoms with Gasteiger partial charge in [-0.15, -0.1) is 0 Å². The molecule has 0 saturated carbocycles. The van der Waals surface area contributed by atoms with Crippen molar-refractivity contribution in [1.29, 1.82) is 0 Å². The van der Waals surface area contributed by atoms with Crippen LogP contribution in [0.2, 0.25) is 0 Å². The largest absolute Gasteiger partial charge is 0.497 e. The number of likely N-dealkylation sites (N-methyl/N-ethyl adjacent to an activating group) is 1. The Morgan fingerprint density at radius 2 is 1.81 bits per heavy atom. The molecule has 1 aromatic carbocycles. The predicted octanol–water partition coefficient (Wildman–Crippen LogP) is 1.61. The zero-order chi connectivity index (χ0) is 22.2. The van der Waals surface area contributed by atoms with E-state index < -0.39 is 0 Å². The van der Waals surface area contributed by atoms with Gasteiger partial charge in [-0.2, -0.15) is 0 Å². The quantitative estimate of drug-likeness (QED) is 0.693. The number of nitrogens with zero attached hydrogens (tertiary/aromatic N) is 4. The van der Waals surface area contributed by atoms with Gasteiger partial charge in [0.05, 0.1) is 20.2 Å². The molecule has 0 spiro atoms. The maximum atomic E-state index is 12.6. The first-order chi connectivity index (χ1) is 14.9. The second-order valence-electron chi connectivity index (χ2n) is 7.94. The maximum Gasteiger partial charge on any atom is 0.239 e. The fourth-order valence-electron chi connectivity index (χ4n) is 3.56. The van der Waals surface area contributed by atoms with E-state index in [-0.39, 0.29) is 24.9 Å². The van der Waals surface area contributed by atoms with Crippen molar-refractivity contribution in [3.8, 4) is 5.75 Å². The van der Waals surface area contributed by atoms with Crippen molar-refractivity contribution in [1.82, 2.24) is 19.7 Å². The molecule has 0 atom stereocenters. The molecule has 2 aromatic rings. The van der Waals surface area contributed by atoms with Gasteiger partial charge in [-0.1, -0.05) is 12.1 Å². The van der Waals surface area contributed by atoms with Crippen molar-refractivity contribution < 1.29 is 14.3 Å². The third-order valence-electron chi connectivity index (χ3n) is 5.29. The molecule has 0 radical (unpaired) electrons. The van der Waals surface area contributed by atoms with Gasteiger partial charge in [0.2, 0.25) is 11.8 Å². The van der Waals surface area contributed by atoms with E-state index in [9.17, 15) is 9.59 Å². The SMILES string of the molecule is COc1ccc(CN2CCN(C(=O)CN(C)CC(=O)Nc3cc(C)ccn3)CC2)cc1. The summed E-state index contributed by atoms with van der Waals surface area (Å²) in [5.74, 6) is 1.25. The Balaban J connectivity index is 1.39. The molecule has 0 unspecified atom stereocenters. The second kappa shape index (κ2) is 10.9. The van der Waals surface area contributed by atoms with E-state index in [0.29, 0.717) is 18.9 Å². The van der Waals surface area contributed by atoms with Gasteiger partial charge in [-0.25, -0.2) is 4.98 Å². The van der Waals surface area contributed by atoms with Gasteiger partial charge in [-0.3, -0.25) is 19.4 Å². The Morgan fingerprint density at radius 3 is 2.45 bits per heavy atom. The Morgan fingerprint density at radius 1 is 1.10 bits per heavy atom. The van der Waals surface area contributed by atoms with Crippen LogP contribution in [0.1, 0.15) is 11.1 Å². The lowest BCUT2D eigenvalue weighted by molar-refractivity contribution is -0.134. The van der Waals surface area contributed by atoms with Gasteiger partial charge in [0, 0.05) is 38.9 Å². The van der Waals surface area contributed by atoms with Crippen LogP contribution in [-0.4, -0.2) is 84.9 Å². The summed E-state index contributed by atoms with van der Waals surface area (Å²) in [5, 5.41) is 2.77. The molecule has 2 amide bonds. The van der Waals surface area contributed by atoms with Crippen molar-refractivity contribution >= 4 is 17.6 Å². The molecule has 1 aromatic heterocycles. The smallest absolute Gasteiger partial charge is 0.239 e. The molecule has 8 heteroatoms. The standard InChI is InChI=1S/C23H31N5O3/c1-18-8-9-24-21(14-18)25-22(29)16-26(2)17-23(30)28-12-10-27(11-13-28)15-19-4-6-20(31-3)7-5-19/h4-9,14H,10-13,15-17H2,1-3H3,(H,24,25,29). The Hall–Kier alpha value is -2.97. The highest BCUT2D eigenvalue weighted by molar-refractivity contribution is 5.91. The summed E-state index contributed by atoms with van der Waals surface area (Å²) in [6, 6.07) is 11.8. The number of aromatic nitrogens is 1. The van der Waals surface area contributed by atoms with Crippen LogP contribution in [0.25, 0.3) is 0 Å². The van der Waals surface area contributed by atoms with Gasteiger partial charge < -0.3 is 15.0 Å². The molecule has 3 rings (SSSR count). The number of piperazine rings is 1. The van der Waals surface area contributed by atoms with Crippen LogP contribution >= 0.6 is 0 Å². The zero-order valence-electron chi connectivity index (χ0n) is 18.5. The lowest BCUT2D eigenvalue weighted by Crippen LogP contribution is -2.51. The topological polar surface area (TPSA) is 78.0 Å². The second-order valence-corrected chi connectivity index (χ2v) is 7.94. The minimum atomic E-state index is -0.183. The van der Waals surface area contributed by atoms with Crippen molar-refractivity contribution in [2.75, 3.05) is 58.7 Å². The molecule has 2 heterocycles. The summed E-state index contributed by atoms with van der Waals surface area (Å²) in [4.78, 5) is 34.9. The van der Waals surface area contributed by atoms with Gasteiger partial charge >= 0.3 is 0 Å². The number of hydrogen-bond donors (Lipinski definition) is 1. The molecule has 0 aliphatic carbocycles. The molecule has 1 aliphatic rings. The van der Waals surface area contributed by atoms with Crippen molar-refractivity contribution in [3.63, 3.8) is 0 Å². The average Bonchev–Trinajstić information content (AvgIpc) is 2.74. The number of ether oxygens (including phenoxy) is 1. The zero-order valence-corrected chi connectivity index (χ0v) is 18.5. The van der Waals surface area contributed by atoms with Crippen LogP contribution in [0, 0.1) is 6.92 Å². The number of carbonyl (C=O) groups is 2. The number of hydrogen-bond acceptors (Lipinski definition) is 6. The van der Waals surface area contributed by atoms with Crippen molar-refractivity contribution in [2.45, 2.75) is 13.5 Å². The number of rotatable bonds is 8. The highest BCUT2D eigenvalue weighted by atomic mass is 16.5. The van der Waals surface area contributed by atoms with Crippen molar-refractivity contribution in [2.24, 2.45) is 0 Å². The summed E-state index contributed by atoms with van der Waals surface area (Å²) in [7, 11) is 3.44. The Labute approximate surface area is 183 Å². The van der Waals surface area contributed by atoms with Gasteiger partial charge in [0.25, 0.3) is 0 Å². The first-order valence-corrected chi connectivity index (χ1v) is 10.5. The Bertz CT molecular complexity index is 879. The van der Waals surface area contributed by atoms with E-state index in [2.05, 4.69) is 27.3 Å². The molecule has 1 saturated heterocycles. The van der Waals surface area contributed by atoms with Crippen LogP contribution < -0.4 is 10.1 Å². The minimum absolute atomic E-state index is 0.0491. The van der Waals surface area contributed by atoms with E-state index >= 15 is 0 Å². The number of methoxy groups -OCH3 is 1. The predicted molar refractivity (Wildman–Crippen MR) is 120 cm³/mol. The van der Waals surface area contributed by atoms with Crippen LogP contribution in [0.3, 0.4) is 0 Å². The molecule has 31 heavy (non-hydrogen) atoms. The van der Waals surface area contributed by atoms with Gasteiger partial charge in [-0.05, 0) is 49.4 Å². The molecule has 166 valence electrons. The monoisotopic (exact) mass is 425 g/mol. The van der Waals surface area contributed by atoms with Crippen LogP contribution in [-0.2, 0) is 16.1 Å². The minimum Gasteiger partial charge on any atom is -0.497 e. The Kier molecular flexibility index (Phi) is 7.97. The summed E-state index contributed by atoms with van der Waals surface area (Å²) < 4.78 is 5.20. The number of carbonyl (C=O) groups excluding carboxylic acids is 2. The van der Waals surface area contributed by atoms with E-state index in [1.54, 1.807) is 25.3 Å².